The van der Waals surface area contributed by atoms with Crippen molar-refractivity contribution >= 4 is 0 Å². The van der Waals surface area contributed by atoms with Crippen molar-refractivity contribution in [3.05, 3.63) is 70.3 Å². The summed E-state index contributed by atoms with van der Waals surface area (Å²) in [6.45, 7) is 10.5. The minimum absolute atomic E-state index is 0.617. The first-order chi connectivity index (χ1) is 9.79. The fraction of sp³-hybridized carbons (Fsp3) is 0.400. The third-order valence-electron chi connectivity index (χ3n) is 3.92. The van der Waals surface area contributed by atoms with E-state index in [4.69, 9.17) is 0 Å². The molecule has 2 rings (SSSR count). The zero-order chi connectivity index (χ0) is 15.6. The van der Waals surface area contributed by atoms with Crippen molar-refractivity contribution in [2.75, 3.05) is 0 Å². The van der Waals surface area contributed by atoms with E-state index in [-0.39, 0.29) is 0 Å². The summed E-state index contributed by atoms with van der Waals surface area (Å²) in [5, 5.41) is 11.1. The molecule has 2 aromatic carbocycles. The molecule has 0 aliphatic carbocycles. The van der Waals surface area contributed by atoms with Gasteiger partial charge in [0.1, 0.15) is 5.60 Å². The first kappa shape index (κ1) is 15.8. The maximum atomic E-state index is 11.1. The molecule has 0 radical (unpaired) electrons. The Hall–Kier alpha value is -1.60. The second-order valence-electron chi connectivity index (χ2n) is 6.75. The fourth-order valence-corrected chi connectivity index (χ4v) is 2.89. The second-order valence-corrected chi connectivity index (χ2v) is 6.75. The van der Waals surface area contributed by atoms with Crippen LogP contribution in [0, 0.1) is 19.8 Å². The lowest BCUT2D eigenvalue weighted by molar-refractivity contribution is 0.102. The molecule has 0 heterocycles. The van der Waals surface area contributed by atoms with E-state index in [1.54, 1.807) is 0 Å². The number of benzene rings is 2. The molecule has 1 unspecified atom stereocenters. The van der Waals surface area contributed by atoms with Crippen molar-refractivity contribution in [2.45, 2.75) is 46.6 Å². The van der Waals surface area contributed by atoms with Crippen molar-refractivity contribution < 1.29 is 5.11 Å². The summed E-state index contributed by atoms with van der Waals surface area (Å²) < 4.78 is 0. The Morgan fingerprint density at radius 2 is 1.57 bits per heavy atom. The van der Waals surface area contributed by atoms with Crippen LogP contribution < -0.4 is 0 Å². The van der Waals surface area contributed by atoms with Crippen molar-refractivity contribution in [2.24, 2.45) is 5.92 Å². The minimum atomic E-state index is -0.955. The van der Waals surface area contributed by atoms with Crippen LogP contribution >= 0.6 is 0 Å². The van der Waals surface area contributed by atoms with E-state index in [1.165, 1.54) is 16.7 Å². The molecule has 0 amide bonds. The smallest absolute Gasteiger partial charge is 0.112 e. The number of aliphatic hydroxyl groups is 1. The highest BCUT2D eigenvalue weighted by molar-refractivity contribution is 5.40. The number of hydrogen-bond acceptors (Lipinski definition) is 1. The van der Waals surface area contributed by atoms with Gasteiger partial charge in [-0.05, 0) is 49.8 Å². The second kappa shape index (κ2) is 6.03. The predicted octanol–water partition coefficient (Wildman–Crippen LogP) is 4.76. The number of hydrogen-bond donors (Lipinski definition) is 1. The Labute approximate surface area is 128 Å². The van der Waals surface area contributed by atoms with E-state index in [2.05, 4.69) is 58.0 Å². The van der Waals surface area contributed by atoms with Gasteiger partial charge in [-0.15, -0.1) is 0 Å². The molecule has 1 N–H and O–H groups in total. The van der Waals surface area contributed by atoms with Gasteiger partial charge < -0.3 is 5.11 Å². The van der Waals surface area contributed by atoms with E-state index >= 15 is 0 Å². The topological polar surface area (TPSA) is 20.2 Å². The standard InChI is InChI=1S/C20H26O/c1-14(2)9-17-7-6-8-18(13-17)20(5,21)19-11-15(3)10-16(4)12-19/h6-8,10-14,21H,9H2,1-5H3. The first-order valence-corrected chi connectivity index (χ1v) is 7.69. The Balaban J connectivity index is 2.43. The molecule has 2 aromatic rings. The van der Waals surface area contributed by atoms with E-state index < -0.39 is 5.60 Å². The number of aryl methyl sites for hydroxylation is 2. The van der Waals surface area contributed by atoms with Crippen LogP contribution in [0.25, 0.3) is 0 Å². The van der Waals surface area contributed by atoms with Gasteiger partial charge >= 0.3 is 0 Å². The third kappa shape index (κ3) is 3.74. The SMILES string of the molecule is Cc1cc(C)cc(C(C)(O)c2cccc(CC(C)C)c2)c1. The molecule has 1 nitrogen and oxygen atoms in total. The maximum Gasteiger partial charge on any atom is 0.112 e. The molecule has 0 spiro atoms. The van der Waals surface area contributed by atoms with E-state index in [1.807, 2.05) is 19.1 Å². The average molecular weight is 282 g/mol. The van der Waals surface area contributed by atoms with Crippen molar-refractivity contribution in [3.8, 4) is 0 Å². The van der Waals surface area contributed by atoms with E-state index in [9.17, 15) is 5.11 Å². The average Bonchev–Trinajstić information content (AvgIpc) is 2.37. The molecule has 0 aliphatic heterocycles. The van der Waals surface area contributed by atoms with Gasteiger partial charge in [0, 0.05) is 0 Å². The molecule has 112 valence electrons. The van der Waals surface area contributed by atoms with Crippen LogP contribution in [0.5, 0.6) is 0 Å². The number of rotatable bonds is 4. The van der Waals surface area contributed by atoms with Crippen LogP contribution in [0.2, 0.25) is 0 Å². The molecule has 0 aromatic heterocycles. The summed E-state index contributed by atoms with van der Waals surface area (Å²) in [4.78, 5) is 0. The summed E-state index contributed by atoms with van der Waals surface area (Å²) in [6, 6.07) is 14.6. The minimum Gasteiger partial charge on any atom is -0.381 e. The van der Waals surface area contributed by atoms with Gasteiger partial charge in [-0.25, -0.2) is 0 Å². The van der Waals surface area contributed by atoms with Gasteiger partial charge in [0.2, 0.25) is 0 Å². The first-order valence-electron chi connectivity index (χ1n) is 7.69. The summed E-state index contributed by atoms with van der Waals surface area (Å²) in [6.07, 6.45) is 1.04. The molecule has 1 atom stereocenters. The molecule has 0 saturated carbocycles. The molecule has 21 heavy (non-hydrogen) atoms. The highest BCUT2D eigenvalue weighted by atomic mass is 16.3. The lowest BCUT2D eigenvalue weighted by Crippen LogP contribution is -2.23. The van der Waals surface area contributed by atoms with Crippen LogP contribution in [0.15, 0.2) is 42.5 Å². The van der Waals surface area contributed by atoms with Crippen molar-refractivity contribution in [3.63, 3.8) is 0 Å². The van der Waals surface area contributed by atoms with Crippen LogP contribution in [0.4, 0.5) is 0 Å². The maximum absolute atomic E-state index is 11.1. The summed E-state index contributed by atoms with van der Waals surface area (Å²) >= 11 is 0. The molecule has 0 bridgehead atoms. The zero-order valence-electron chi connectivity index (χ0n) is 13.8. The quantitative estimate of drug-likeness (QED) is 0.857. The fourth-order valence-electron chi connectivity index (χ4n) is 2.89. The van der Waals surface area contributed by atoms with Crippen LogP contribution in [0.3, 0.4) is 0 Å². The van der Waals surface area contributed by atoms with Gasteiger partial charge in [0.05, 0.1) is 0 Å². The predicted molar refractivity (Wildman–Crippen MR) is 89.6 cm³/mol. The molecule has 1 heteroatoms. The van der Waals surface area contributed by atoms with E-state index in [0.717, 1.165) is 17.5 Å². The Morgan fingerprint density at radius 1 is 0.952 bits per heavy atom. The van der Waals surface area contributed by atoms with Crippen molar-refractivity contribution in [1.29, 1.82) is 0 Å². The zero-order valence-corrected chi connectivity index (χ0v) is 13.8. The van der Waals surface area contributed by atoms with Gasteiger partial charge in [-0.2, -0.15) is 0 Å². The lowest BCUT2D eigenvalue weighted by Gasteiger charge is -2.26. The normalized spacial score (nSPS) is 14.2. The monoisotopic (exact) mass is 282 g/mol. The largest absolute Gasteiger partial charge is 0.381 e. The summed E-state index contributed by atoms with van der Waals surface area (Å²) in [5.41, 5.74) is 4.62. The van der Waals surface area contributed by atoms with Gasteiger partial charge in [0.25, 0.3) is 0 Å². The molecular formula is C20H26O. The van der Waals surface area contributed by atoms with Gasteiger partial charge in [0.15, 0.2) is 0 Å². The molecule has 0 saturated heterocycles. The van der Waals surface area contributed by atoms with Gasteiger partial charge in [-0.1, -0.05) is 67.4 Å². The Bertz CT molecular complexity index is 603. The van der Waals surface area contributed by atoms with Gasteiger partial charge in [-0.3, -0.25) is 0 Å². The molecule has 0 aliphatic rings. The molecule has 0 fully saturated rings. The summed E-state index contributed by atoms with van der Waals surface area (Å²) in [7, 11) is 0. The van der Waals surface area contributed by atoms with E-state index in [0.29, 0.717) is 5.92 Å². The highest BCUT2D eigenvalue weighted by Crippen LogP contribution is 2.31. The molecular weight excluding hydrogens is 256 g/mol. The van der Waals surface area contributed by atoms with Crippen molar-refractivity contribution in [1.82, 2.24) is 0 Å². The van der Waals surface area contributed by atoms with Crippen LogP contribution in [0.1, 0.15) is 48.6 Å². The van der Waals surface area contributed by atoms with Crippen LogP contribution in [-0.2, 0) is 12.0 Å². The highest BCUT2D eigenvalue weighted by Gasteiger charge is 2.26. The van der Waals surface area contributed by atoms with Crippen LogP contribution in [-0.4, -0.2) is 5.11 Å². The Kier molecular flexibility index (Phi) is 4.53. The summed E-state index contributed by atoms with van der Waals surface area (Å²) in [5.74, 6) is 0.617. The lowest BCUT2D eigenvalue weighted by atomic mass is 9.85. The third-order valence-corrected chi connectivity index (χ3v) is 3.92. The Morgan fingerprint density at radius 3 is 2.14 bits per heavy atom.